The smallest absolute Gasteiger partial charge is 0.0864 e. The lowest BCUT2D eigenvalue weighted by Gasteiger charge is -2.07. The average molecular weight is 255 g/mol. The van der Waals surface area contributed by atoms with Crippen LogP contribution < -0.4 is 5.32 Å². The predicted octanol–water partition coefficient (Wildman–Crippen LogP) is 1.63. The summed E-state index contributed by atoms with van der Waals surface area (Å²) in [5.74, 6) is 0.532. The third-order valence-corrected chi connectivity index (χ3v) is 3.49. The molecule has 0 aliphatic rings. The molecule has 1 aromatic rings. The van der Waals surface area contributed by atoms with Crippen molar-refractivity contribution in [3.63, 3.8) is 0 Å². The predicted molar refractivity (Wildman–Crippen MR) is 72.3 cm³/mol. The summed E-state index contributed by atoms with van der Waals surface area (Å²) in [5, 5.41) is 21.3. The van der Waals surface area contributed by atoms with Crippen molar-refractivity contribution in [1.82, 2.24) is 5.32 Å². The van der Waals surface area contributed by atoms with Gasteiger partial charge in [-0.15, -0.1) is 11.8 Å². The van der Waals surface area contributed by atoms with Crippen LogP contribution in [0.2, 0.25) is 0 Å². The Hall–Kier alpha value is -0.550. The van der Waals surface area contributed by atoms with Crippen LogP contribution in [0.25, 0.3) is 0 Å². The van der Waals surface area contributed by atoms with Gasteiger partial charge in [-0.1, -0.05) is 19.1 Å². The molecule has 1 rings (SSSR count). The number of aliphatic hydroxyl groups is 2. The van der Waals surface area contributed by atoms with Gasteiger partial charge in [-0.3, -0.25) is 0 Å². The Morgan fingerprint density at radius 1 is 1.29 bits per heavy atom. The van der Waals surface area contributed by atoms with Gasteiger partial charge in [-0.05, 0) is 30.7 Å². The Morgan fingerprint density at radius 2 is 2.00 bits per heavy atom. The lowest BCUT2D eigenvalue weighted by Crippen LogP contribution is -2.14. The SMILES string of the molecule is CCCNCc1ccc(SCC(O)CO)cc1. The first-order valence-corrected chi connectivity index (χ1v) is 6.96. The van der Waals surface area contributed by atoms with Gasteiger partial charge in [0.15, 0.2) is 0 Å². The van der Waals surface area contributed by atoms with Gasteiger partial charge in [0, 0.05) is 17.2 Å². The molecule has 0 aromatic heterocycles. The number of rotatable bonds is 8. The van der Waals surface area contributed by atoms with E-state index in [1.165, 1.54) is 5.56 Å². The molecule has 4 heteroatoms. The van der Waals surface area contributed by atoms with Gasteiger partial charge in [0.2, 0.25) is 0 Å². The topological polar surface area (TPSA) is 52.5 Å². The van der Waals surface area contributed by atoms with Crippen molar-refractivity contribution in [2.24, 2.45) is 0 Å². The molecular weight excluding hydrogens is 234 g/mol. The van der Waals surface area contributed by atoms with Crippen molar-refractivity contribution in [2.75, 3.05) is 18.9 Å². The molecule has 0 aliphatic heterocycles. The van der Waals surface area contributed by atoms with Gasteiger partial charge in [0.25, 0.3) is 0 Å². The molecule has 1 unspecified atom stereocenters. The number of aliphatic hydroxyl groups excluding tert-OH is 2. The second-order valence-corrected chi connectivity index (χ2v) is 5.06. The molecule has 3 N–H and O–H groups in total. The van der Waals surface area contributed by atoms with E-state index in [9.17, 15) is 5.11 Å². The second-order valence-electron chi connectivity index (χ2n) is 3.97. The molecule has 0 heterocycles. The fourth-order valence-corrected chi connectivity index (χ4v) is 2.18. The summed E-state index contributed by atoms with van der Waals surface area (Å²) >= 11 is 1.56. The van der Waals surface area contributed by atoms with Crippen LogP contribution in [0.1, 0.15) is 18.9 Å². The molecule has 0 spiro atoms. The van der Waals surface area contributed by atoms with Crippen molar-refractivity contribution in [2.45, 2.75) is 30.9 Å². The number of thioether (sulfide) groups is 1. The van der Waals surface area contributed by atoms with E-state index in [1.807, 2.05) is 0 Å². The van der Waals surface area contributed by atoms with Crippen LogP contribution in [-0.4, -0.2) is 35.2 Å². The first kappa shape index (κ1) is 14.5. The summed E-state index contributed by atoms with van der Waals surface area (Å²) in [6.07, 6.45) is 0.512. The van der Waals surface area contributed by atoms with Crippen LogP contribution in [0, 0.1) is 0 Å². The van der Waals surface area contributed by atoms with E-state index in [1.54, 1.807) is 11.8 Å². The first-order valence-electron chi connectivity index (χ1n) is 5.97. The molecule has 96 valence electrons. The lowest BCUT2D eigenvalue weighted by molar-refractivity contribution is 0.113. The molecule has 0 saturated heterocycles. The Morgan fingerprint density at radius 3 is 2.59 bits per heavy atom. The molecule has 0 fully saturated rings. The van der Waals surface area contributed by atoms with E-state index in [-0.39, 0.29) is 6.61 Å². The van der Waals surface area contributed by atoms with E-state index >= 15 is 0 Å². The van der Waals surface area contributed by atoms with E-state index in [0.29, 0.717) is 5.75 Å². The maximum absolute atomic E-state index is 9.24. The van der Waals surface area contributed by atoms with Crippen molar-refractivity contribution >= 4 is 11.8 Å². The van der Waals surface area contributed by atoms with Gasteiger partial charge in [-0.2, -0.15) is 0 Å². The standard InChI is InChI=1S/C13H21NO2S/c1-2-7-14-8-11-3-5-13(6-4-11)17-10-12(16)9-15/h3-6,12,14-16H,2,7-10H2,1H3. The zero-order chi connectivity index (χ0) is 12.5. The molecule has 1 aromatic carbocycles. The maximum Gasteiger partial charge on any atom is 0.0864 e. The summed E-state index contributed by atoms with van der Waals surface area (Å²) < 4.78 is 0. The highest BCUT2D eigenvalue weighted by Crippen LogP contribution is 2.19. The summed E-state index contributed by atoms with van der Waals surface area (Å²) in [6.45, 7) is 3.92. The highest BCUT2D eigenvalue weighted by Gasteiger charge is 2.02. The van der Waals surface area contributed by atoms with Crippen molar-refractivity contribution in [1.29, 1.82) is 0 Å². The molecule has 1 atom stereocenters. The highest BCUT2D eigenvalue weighted by atomic mass is 32.2. The normalized spacial score (nSPS) is 12.6. The fourth-order valence-electron chi connectivity index (χ4n) is 1.36. The minimum Gasteiger partial charge on any atom is -0.394 e. The third kappa shape index (κ3) is 6.07. The molecule has 17 heavy (non-hydrogen) atoms. The van der Waals surface area contributed by atoms with E-state index in [2.05, 4.69) is 36.5 Å². The van der Waals surface area contributed by atoms with E-state index in [4.69, 9.17) is 5.11 Å². The average Bonchev–Trinajstić information content (AvgIpc) is 2.37. The van der Waals surface area contributed by atoms with Gasteiger partial charge in [-0.25, -0.2) is 0 Å². The Balaban J connectivity index is 2.34. The molecule has 0 amide bonds. The third-order valence-electron chi connectivity index (χ3n) is 2.33. The van der Waals surface area contributed by atoms with Crippen molar-refractivity contribution in [3.05, 3.63) is 29.8 Å². The van der Waals surface area contributed by atoms with Gasteiger partial charge < -0.3 is 15.5 Å². The quantitative estimate of drug-likeness (QED) is 0.488. The molecule has 0 saturated carbocycles. The number of benzene rings is 1. The molecular formula is C13H21NO2S. The van der Waals surface area contributed by atoms with Crippen LogP contribution in [-0.2, 0) is 6.54 Å². The Labute approximate surface area is 107 Å². The van der Waals surface area contributed by atoms with Crippen LogP contribution in [0.15, 0.2) is 29.2 Å². The lowest BCUT2D eigenvalue weighted by atomic mass is 10.2. The number of hydrogen-bond donors (Lipinski definition) is 3. The largest absolute Gasteiger partial charge is 0.394 e. The summed E-state index contributed by atoms with van der Waals surface area (Å²) in [4.78, 5) is 1.12. The Kier molecular flexibility index (Phi) is 7.28. The van der Waals surface area contributed by atoms with Crippen LogP contribution in [0.5, 0.6) is 0 Å². The zero-order valence-electron chi connectivity index (χ0n) is 10.2. The highest BCUT2D eigenvalue weighted by molar-refractivity contribution is 7.99. The second kappa shape index (κ2) is 8.53. The zero-order valence-corrected chi connectivity index (χ0v) is 11.0. The molecule has 0 bridgehead atoms. The van der Waals surface area contributed by atoms with Gasteiger partial charge in [0.05, 0.1) is 12.7 Å². The van der Waals surface area contributed by atoms with Gasteiger partial charge in [0.1, 0.15) is 0 Å². The number of hydrogen-bond acceptors (Lipinski definition) is 4. The molecule has 0 aliphatic carbocycles. The van der Waals surface area contributed by atoms with Crippen molar-refractivity contribution < 1.29 is 10.2 Å². The van der Waals surface area contributed by atoms with Crippen LogP contribution >= 0.6 is 11.8 Å². The van der Waals surface area contributed by atoms with Crippen LogP contribution in [0.4, 0.5) is 0 Å². The van der Waals surface area contributed by atoms with E-state index in [0.717, 1.165) is 24.4 Å². The van der Waals surface area contributed by atoms with E-state index < -0.39 is 6.10 Å². The fraction of sp³-hybridized carbons (Fsp3) is 0.538. The maximum atomic E-state index is 9.24. The minimum absolute atomic E-state index is 0.175. The number of nitrogens with one attached hydrogen (secondary N) is 1. The summed E-state index contributed by atoms with van der Waals surface area (Å²) in [6, 6.07) is 8.29. The van der Waals surface area contributed by atoms with Gasteiger partial charge >= 0.3 is 0 Å². The monoisotopic (exact) mass is 255 g/mol. The molecule has 0 radical (unpaired) electrons. The molecule has 3 nitrogen and oxygen atoms in total. The minimum atomic E-state index is -0.633. The summed E-state index contributed by atoms with van der Waals surface area (Å²) in [5.41, 5.74) is 1.27. The Bertz CT molecular complexity index is 303. The van der Waals surface area contributed by atoms with Crippen LogP contribution in [0.3, 0.4) is 0 Å². The first-order chi connectivity index (χ1) is 8.26. The summed E-state index contributed by atoms with van der Waals surface area (Å²) in [7, 11) is 0. The van der Waals surface area contributed by atoms with Crippen molar-refractivity contribution in [3.8, 4) is 0 Å².